The molecule has 0 aliphatic rings. The largest absolute Gasteiger partial charge is 0.491 e. The number of nitrogens with zero attached hydrogens (tertiary/aromatic N) is 1. The van der Waals surface area contributed by atoms with E-state index in [0.717, 1.165) is 17.0 Å². The maximum absolute atomic E-state index is 11.9. The molecule has 0 radical (unpaired) electrons. The first-order chi connectivity index (χ1) is 12.4. The van der Waals surface area contributed by atoms with Crippen LogP contribution in [0.25, 0.3) is 0 Å². The van der Waals surface area contributed by atoms with Crippen LogP contribution in [0.5, 0.6) is 5.75 Å². The van der Waals surface area contributed by atoms with Crippen LogP contribution in [0.3, 0.4) is 0 Å². The summed E-state index contributed by atoms with van der Waals surface area (Å²) >= 11 is 5.34. The van der Waals surface area contributed by atoms with Gasteiger partial charge < -0.3 is 20.3 Å². The molecule has 0 saturated heterocycles. The normalized spacial score (nSPS) is 11.4. The van der Waals surface area contributed by atoms with E-state index in [4.69, 9.17) is 17.0 Å². The summed E-state index contributed by atoms with van der Waals surface area (Å²) in [6.07, 6.45) is 0. The minimum absolute atomic E-state index is 0.0285. The fourth-order valence-electron chi connectivity index (χ4n) is 2.32. The second kappa shape index (κ2) is 9.20. The summed E-state index contributed by atoms with van der Waals surface area (Å²) in [7, 11) is 3.46. The molecule has 5 nitrogen and oxygen atoms in total. The highest BCUT2D eigenvalue weighted by Crippen LogP contribution is 2.16. The number of carbonyl (C=O) groups is 1. The zero-order chi connectivity index (χ0) is 19.1. The molecule has 0 saturated carbocycles. The van der Waals surface area contributed by atoms with Crippen molar-refractivity contribution in [2.75, 3.05) is 26.0 Å². The summed E-state index contributed by atoms with van der Waals surface area (Å²) in [5.41, 5.74) is 2.57. The summed E-state index contributed by atoms with van der Waals surface area (Å²) in [4.78, 5) is 13.4. The van der Waals surface area contributed by atoms with Crippen molar-refractivity contribution in [3.63, 3.8) is 0 Å². The third-order valence-corrected chi connectivity index (χ3v) is 3.98. The number of nitrogens with one attached hydrogen (secondary N) is 2. The van der Waals surface area contributed by atoms with Crippen LogP contribution in [0.2, 0.25) is 0 Å². The lowest BCUT2D eigenvalue weighted by Gasteiger charge is -2.18. The Labute approximate surface area is 160 Å². The van der Waals surface area contributed by atoms with Gasteiger partial charge >= 0.3 is 0 Å². The van der Waals surface area contributed by atoms with Crippen molar-refractivity contribution >= 4 is 28.9 Å². The lowest BCUT2D eigenvalue weighted by atomic mass is 10.2. The molecule has 1 amide bonds. The number of hydrogen-bond acceptors (Lipinski definition) is 3. The van der Waals surface area contributed by atoms with Gasteiger partial charge in [-0.05, 0) is 62.0 Å². The maximum Gasteiger partial charge on any atom is 0.253 e. The maximum atomic E-state index is 11.9. The van der Waals surface area contributed by atoms with Crippen molar-refractivity contribution in [2.24, 2.45) is 0 Å². The molecule has 0 aliphatic carbocycles. The van der Waals surface area contributed by atoms with Crippen LogP contribution >= 0.6 is 12.2 Å². The molecule has 26 heavy (non-hydrogen) atoms. The number of benzene rings is 2. The number of aryl methyl sites for hydroxylation is 1. The van der Waals surface area contributed by atoms with Gasteiger partial charge in [0, 0.05) is 25.3 Å². The molecular weight excluding hydrogens is 346 g/mol. The Morgan fingerprint density at radius 3 is 2.42 bits per heavy atom. The van der Waals surface area contributed by atoms with Crippen molar-refractivity contribution in [3.8, 4) is 5.75 Å². The van der Waals surface area contributed by atoms with E-state index >= 15 is 0 Å². The molecule has 6 heteroatoms. The summed E-state index contributed by atoms with van der Waals surface area (Å²) < 4.78 is 5.82. The van der Waals surface area contributed by atoms with E-state index in [-0.39, 0.29) is 11.9 Å². The zero-order valence-electron chi connectivity index (χ0n) is 15.6. The quantitative estimate of drug-likeness (QED) is 0.762. The first-order valence-corrected chi connectivity index (χ1v) is 8.85. The molecule has 138 valence electrons. The molecule has 2 aromatic rings. The van der Waals surface area contributed by atoms with Gasteiger partial charge in [0.25, 0.3) is 5.91 Å². The van der Waals surface area contributed by atoms with Crippen molar-refractivity contribution in [3.05, 3.63) is 59.7 Å². The fourth-order valence-corrected chi connectivity index (χ4v) is 2.64. The van der Waals surface area contributed by atoms with Gasteiger partial charge in [0.05, 0.1) is 6.04 Å². The van der Waals surface area contributed by atoms with Crippen molar-refractivity contribution in [2.45, 2.75) is 19.9 Å². The van der Waals surface area contributed by atoms with Gasteiger partial charge in [-0.1, -0.05) is 18.2 Å². The third-order valence-electron chi connectivity index (χ3n) is 3.76. The summed E-state index contributed by atoms with van der Waals surface area (Å²) in [5, 5.41) is 6.82. The Morgan fingerprint density at radius 2 is 1.81 bits per heavy atom. The highest BCUT2D eigenvalue weighted by atomic mass is 32.1. The van der Waals surface area contributed by atoms with E-state index < -0.39 is 0 Å². The standard InChI is InChI=1S/C20H25N3O2S/c1-14-7-5-6-8-18(14)25-13-15(2)21-20(26)22-17-11-9-16(10-12-17)19(24)23(3)4/h5-12,15H,13H2,1-4H3,(H2,21,22,26)/t15-/m1/s1. The topological polar surface area (TPSA) is 53.6 Å². The minimum atomic E-state index is -0.0285. The van der Waals surface area contributed by atoms with Crippen LogP contribution in [-0.4, -0.2) is 42.7 Å². The van der Waals surface area contributed by atoms with Crippen LogP contribution in [0, 0.1) is 6.92 Å². The summed E-state index contributed by atoms with van der Waals surface area (Å²) in [6.45, 7) is 4.53. The predicted molar refractivity (Wildman–Crippen MR) is 110 cm³/mol. The summed E-state index contributed by atoms with van der Waals surface area (Å²) in [6, 6.07) is 15.2. The van der Waals surface area contributed by atoms with Gasteiger partial charge in [-0.3, -0.25) is 4.79 Å². The lowest BCUT2D eigenvalue weighted by Crippen LogP contribution is -2.39. The molecule has 2 aromatic carbocycles. The molecule has 2 N–H and O–H groups in total. The number of amides is 1. The van der Waals surface area contributed by atoms with Gasteiger partial charge in [-0.2, -0.15) is 0 Å². The number of para-hydroxylation sites is 1. The number of ether oxygens (including phenoxy) is 1. The van der Waals surface area contributed by atoms with Crippen LogP contribution in [0.15, 0.2) is 48.5 Å². The van der Waals surface area contributed by atoms with E-state index in [1.165, 1.54) is 0 Å². The Kier molecular flexibility index (Phi) is 6.97. The zero-order valence-corrected chi connectivity index (χ0v) is 16.4. The van der Waals surface area contributed by atoms with Crippen molar-refractivity contribution in [1.82, 2.24) is 10.2 Å². The number of rotatable bonds is 6. The Hall–Kier alpha value is -2.60. The van der Waals surface area contributed by atoms with E-state index in [0.29, 0.717) is 17.3 Å². The smallest absolute Gasteiger partial charge is 0.253 e. The first-order valence-electron chi connectivity index (χ1n) is 8.44. The second-order valence-corrected chi connectivity index (χ2v) is 6.76. The number of carbonyl (C=O) groups excluding carboxylic acids is 1. The van der Waals surface area contributed by atoms with Crippen LogP contribution in [0.1, 0.15) is 22.8 Å². The number of anilines is 1. The molecular formula is C20H25N3O2S. The minimum Gasteiger partial charge on any atom is -0.491 e. The lowest BCUT2D eigenvalue weighted by molar-refractivity contribution is 0.0827. The molecule has 0 aromatic heterocycles. The Morgan fingerprint density at radius 1 is 1.15 bits per heavy atom. The van der Waals surface area contributed by atoms with Crippen molar-refractivity contribution < 1.29 is 9.53 Å². The fraction of sp³-hybridized carbons (Fsp3) is 0.300. The molecule has 0 unspecified atom stereocenters. The van der Waals surface area contributed by atoms with Gasteiger partial charge in [-0.15, -0.1) is 0 Å². The molecule has 0 aliphatic heterocycles. The Balaban J connectivity index is 1.82. The number of hydrogen-bond donors (Lipinski definition) is 2. The SMILES string of the molecule is Cc1ccccc1OC[C@@H](C)NC(=S)Nc1ccc(C(=O)N(C)C)cc1. The number of thiocarbonyl (C=S) groups is 1. The van der Waals surface area contributed by atoms with E-state index in [9.17, 15) is 4.79 Å². The second-order valence-electron chi connectivity index (χ2n) is 6.35. The average molecular weight is 372 g/mol. The van der Waals surface area contributed by atoms with Crippen LogP contribution < -0.4 is 15.4 Å². The molecule has 0 heterocycles. The highest BCUT2D eigenvalue weighted by molar-refractivity contribution is 7.80. The van der Waals surface area contributed by atoms with E-state index in [1.54, 1.807) is 31.1 Å². The van der Waals surface area contributed by atoms with Gasteiger partial charge in [0.2, 0.25) is 0 Å². The molecule has 1 atom stereocenters. The van der Waals surface area contributed by atoms with E-state index in [2.05, 4.69) is 10.6 Å². The van der Waals surface area contributed by atoms with Gasteiger partial charge in [0.1, 0.15) is 12.4 Å². The highest BCUT2D eigenvalue weighted by Gasteiger charge is 2.09. The van der Waals surface area contributed by atoms with Gasteiger partial charge in [-0.25, -0.2) is 0 Å². The van der Waals surface area contributed by atoms with E-state index in [1.807, 2.05) is 50.2 Å². The molecule has 2 rings (SSSR count). The first kappa shape index (κ1) is 19.7. The Bertz CT molecular complexity index is 760. The predicted octanol–water partition coefficient (Wildman–Crippen LogP) is 3.45. The molecule has 0 bridgehead atoms. The monoisotopic (exact) mass is 371 g/mol. The van der Waals surface area contributed by atoms with Crippen molar-refractivity contribution in [1.29, 1.82) is 0 Å². The third kappa shape index (κ3) is 5.74. The van der Waals surface area contributed by atoms with Gasteiger partial charge in [0.15, 0.2) is 5.11 Å². The molecule has 0 spiro atoms. The average Bonchev–Trinajstić information content (AvgIpc) is 2.61. The summed E-state index contributed by atoms with van der Waals surface area (Å²) in [5.74, 6) is 0.848. The molecule has 0 fully saturated rings. The van der Waals surface area contributed by atoms with Crippen LogP contribution in [-0.2, 0) is 0 Å². The van der Waals surface area contributed by atoms with Crippen LogP contribution in [0.4, 0.5) is 5.69 Å².